The second-order valence-corrected chi connectivity index (χ2v) is 4.45. The van der Waals surface area contributed by atoms with Gasteiger partial charge in [-0.1, -0.05) is 0 Å². The molecule has 0 unspecified atom stereocenters. The molecule has 1 rings (SSSR count). The molecular weight excluding hydrogens is 214 g/mol. The van der Waals surface area contributed by atoms with E-state index in [-0.39, 0.29) is 5.69 Å². The number of sulfonamides is 1. The predicted octanol–water partition coefficient (Wildman–Crippen LogP) is 0.919. The van der Waals surface area contributed by atoms with Crippen molar-refractivity contribution >= 4 is 21.4 Å². The number of hydrogen-bond acceptors (Lipinski definition) is 3. The van der Waals surface area contributed by atoms with Gasteiger partial charge in [0.25, 0.3) is 0 Å². The van der Waals surface area contributed by atoms with Crippen molar-refractivity contribution in [3.63, 3.8) is 0 Å². The third-order valence-electron chi connectivity index (χ3n) is 1.42. The van der Waals surface area contributed by atoms with Crippen molar-refractivity contribution in [2.24, 2.45) is 0 Å². The Kier molecular flexibility index (Phi) is 2.61. The average molecular weight is 222 g/mol. The van der Waals surface area contributed by atoms with Crippen molar-refractivity contribution in [1.29, 1.82) is 0 Å². The van der Waals surface area contributed by atoms with Crippen LogP contribution in [-0.4, -0.2) is 14.7 Å². The molecule has 0 fully saturated rings. The summed E-state index contributed by atoms with van der Waals surface area (Å²) in [7, 11) is -3.60. The smallest absolute Gasteiger partial charge is 0.229 e. The Morgan fingerprint density at radius 3 is 2.43 bits per heavy atom. The summed E-state index contributed by atoms with van der Waals surface area (Å²) in [6.45, 7) is 0. The topological polar surface area (TPSA) is 72.2 Å². The van der Waals surface area contributed by atoms with Crippen LogP contribution in [-0.2, 0) is 10.0 Å². The average Bonchev–Trinajstić information content (AvgIpc) is 2.04. The minimum atomic E-state index is -3.60. The molecule has 0 bridgehead atoms. The van der Waals surface area contributed by atoms with Crippen LogP contribution in [0.25, 0.3) is 0 Å². The second kappa shape index (κ2) is 3.41. The number of hydrogen-bond donors (Lipinski definition) is 2. The Bertz CT molecular complexity index is 459. The van der Waals surface area contributed by atoms with Gasteiger partial charge in [-0.25, -0.2) is 17.2 Å². The molecule has 78 valence electrons. The lowest BCUT2D eigenvalue weighted by atomic mass is 10.2. The first-order valence-corrected chi connectivity index (χ1v) is 5.41. The normalized spacial score (nSPS) is 11.4. The zero-order valence-corrected chi connectivity index (χ0v) is 8.03. The Morgan fingerprint density at radius 2 is 1.93 bits per heavy atom. The van der Waals surface area contributed by atoms with Gasteiger partial charge in [-0.15, -0.1) is 0 Å². The van der Waals surface area contributed by atoms with Gasteiger partial charge in [0.05, 0.1) is 11.9 Å². The zero-order chi connectivity index (χ0) is 10.9. The van der Waals surface area contributed by atoms with Gasteiger partial charge in [0.2, 0.25) is 10.0 Å². The van der Waals surface area contributed by atoms with E-state index in [0.717, 1.165) is 18.4 Å². The fourth-order valence-electron chi connectivity index (χ4n) is 0.848. The molecule has 0 aliphatic carbocycles. The number of nitrogen functional groups attached to an aromatic ring is 1. The van der Waals surface area contributed by atoms with Crippen LogP contribution in [0, 0.1) is 11.6 Å². The van der Waals surface area contributed by atoms with Gasteiger partial charge in [-0.05, 0) is 12.1 Å². The maximum atomic E-state index is 13.1. The molecule has 0 amide bonds. The van der Waals surface area contributed by atoms with Crippen LogP contribution in [0.4, 0.5) is 20.2 Å². The third kappa shape index (κ3) is 2.32. The molecule has 0 saturated carbocycles. The Hall–Kier alpha value is -1.37. The van der Waals surface area contributed by atoms with Gasteiger partial charge in [0.15, 0.2) is 5.82 Å². The van der Waals surface area contributed by atoms with E-state index in [9.17, 15) is 17.2 Å². The van der Waals surface area contributed by atoms with E-state index in [1.807, 2.05) is 4.72 Å². The largest absolute Gasteiger partial charge is 0.394 e. The van der Waals surface area contributed by atoms with E-state index in [4.69, 9.17) is 5.73 Å². The molecule has 7 heteroatoms. The van der Waals surface area contributed by atoms with Crippen LogP contribution in [0.15, 0.2) is 12.1 Å². The lowest BCUT2D eigenvalue weighted by molar-refractivity contribution is 0.591. The summed E-state index contributed by atoms with van der Waals surface area (Å²) in [6, 6.07) is 1.84. The quantitative estimate of drug-likeness (QED) is 0.731. The number of rotatable bonds is 2. The first kappa shape index (κ1) is 10.7. The summed E-state index contributed by atoms with van der Waals surface area (Å²) in [5, 5.41) is 0. The van der Waals surface area contributed by atoms with Crippen LogP contribution in [0.2, 0.25) is 0 Å². The van der Waals surface area contributed by atoms with E-state index in [2.05, 4.69) is 0 Å². The van der Waals surface area contributed by atoms with E-state index in [1.165, 1.54) is 0 Å². The van der Waals surface area contributed by atoms with Gasteiger partial charge in [-0.3, -0.25) is 4.72 Å². The molecule has 14 heavy (non-hydrogen) atoms. The first-order chi connectivity index (χ1) is 6.31. The zero-order valence-electron chi connectivity index (χ0n) is 7.21. The monoisotopic (exact) mass is 222 g/mol. The minimum absolute atomic E-state index is 0.369. The number of nitrogens with one attached hydrogen (secondary N) is 1. The molecule has 0 heterocycles. The molecule has 3 N–H and O–H groups in total. The molecule has 0 atom stereocenters. The lowest BCUT2D eigenvalue weighted by Crippen LogP contribution is -2.12. The number of nitrogens with two attached hydrogens (primary N) is 1. The maximum Gasteiger partial charge on any atom is 0.229 e. The molecule has 0 radical (unpaired) electrons. The Balaban J connectivity index is 3.19. The summed E-state index contributed by atoms with van der Waals surface area (Å²) in [5.41, 5.74) is 3.94. The molecule has 0 saturated heterocycles. The molecule has 1 aromatic rings. The summed E-state index contributed by atoms with van der Waals surface area (Å²) >= 11 is 0. The Labute approximate surface area is 79.8 Å². The van der Waals surface area contributed by atoms with Crippen molar-refractivity contribution in [3.05, 3.63) is 23.8 Å². The van der Waals surface area contributed by atoms with Crippen molar-refractivity contribution in [2.45, 2.75) is 0 Å². The standard InChI is InChI=1S/C7H8F2N2O2S/c1-14(12,13)11-5-3-2-4(8)7(10)6(5)9/h2-3,11H,10H2,1H3. The summed E-state index contributed by atoms with van der Waals surface area (Å²) in [4.78, 5) is 0. The van der Waals surface area contributed by atoms with Crippen molar-refractivity contribution in [2.75, 3.05) is 16.7 Å². The SMILES string of the molecule is CS(=O)(=O)Nc1ccc(F)c(N)c1F. The molecule has 0 aliphatic rings. The number of halogens is 2. The fourth-order valence-corrected chi connectivity index (χ4v) is 1.41. The van der Waals surface area contributed by atoms with Gasteiger partial charge in [0, 0.05) is 0 Å². The van der Waals surface area contributed by atoms with Crippen molar-refractivity contribution < 1.29 is 17.2 Å². The summed E-state index contributed by atoms with van der Waals surface area (Å²) < 4.78 is 49.1. The Morgan fingerprint density at radius 1 is 1.36 bits per heavy atom. The molecule has 4 nitrogen and oxygen atoms in total. The van der Waals surface area contributed by atoms with E-state index in [0.29, 0.717) is 0 Å². The van der Waals surface area contributed by atoms with Gasteiger partial charge in [0.1, 0.15) is 11.5 Å². The molecule has 1 aromatic carbocycles. The van der Waals surface area contributed by atoms with Crippen LogP contribution < -0.4 is 10.5 Å². The van der Waals surface area contributed by atoms with Crippen molar-refractivity contribution in [3.8, 4) is 0 Å². The maximum absolute atomic E-state index is 13.1. The van der Waals surface area contributed by atoms with Gasteiger partial charge < -0.3 is 5.73 Å². The fraction of sp³-hybridized carbons (Fsp3) is 0.143. The molecule has 0 spiro atoms. The van der Waals surface area contributed by atoms with Gasteiger partial charge in [-0.2, -0.15) is 0 Å². The van der Waals surface area contributed by atoms with Gasteiger partial charge >= 0.3 is 0 Å². The van der Waals surface area contributed by atoms with E-state index in [1.54, 1.807) is 0 Å². The van der Waals surface area contributed by atoms with Crippen LogP contribution in [0.1, 0.15) is 0 Å². The van der Waals surface area contributed by atoms with Crippen LogP contribution >= 0.6 is 0 Å². The molecule has 0 aromatic heterocycles. The van der Waals surface area contributed by atoms with E-state index < -0.39 is 27.3 Å². The van der Waals surface area contributed by atoms with E-state index >= 15 is 0 Å². The number of anilines is 2. The minimum Gasteiger partial charge on any atom is -0.394 e. The highest BCUT2D eigenvalue weighted by Gasteiger charge is 2.12. The molecule has 0 aliphatic heterocycles. The second-order valence-electron chi connectivity index (χ2n) is 2.70. The third-order valence-corrected chi connectivity index (χ3v) is 2.01. The molecular formula is C7H8F2N2O2S. The van der Waals surface area contributed by atoms with Crippen molar-refractivity contribution in [1.82, 2.24) is 0 Å². The van der Waals surface area contributed by atoms with Crippen LogP contribution in [0.3, 0.4) is 0 Å². The first-order valence-electron chi connectivity index (χ1n) is 3.52. The predicted molar refractivity (Wildman–Crippen MR) is 49.2 cm³/mol. The lowest BCUT2D eigenvalue weighted by Gasteiger charge is -2.06. The summed E-state index contributed by atoms with van der Waals surface area (Å²) in [5.74, 6) is -2.04. The van der Waals surface area contributed by atoms with Crippen LogP contribution in [0.5, 0.6) is 0 Å². The highest BCUT2D eigenvalue weighted by atomic mass is 32.2. The number of benzene rings is 1. The highest BCUT2D eigenvalue weighted by Crippen LogP contribution is 2.23. The highest BCUT2D eigenvalue weighted by molar-refractivity contribution is 7.92. The summed E-state index contributed by atoms with van der Waals surface area (Å²) in [6.07, 6.45) is 0.853.